The van der Waals surface area contributed by atoms with Gasteiger partial charge in [-0.2, -0.15) is 0 Å². The molecule has 2 aliphatic rings. The van der Waals surface area contributed by atoms with Crippen molar-refractivity contribution < 1.29 is 9.53 Å². The molecule has 126 valence electrons. The Morgan fingerprint density at radius 2 is 2.17 bits per heavy atom. The number of hydrogen-bond acceptors (Lipinski definition) is 4. The van der Waals surface area contributed by atoms with E-state index in [1.165, 1.54) is 0 Å². The number of Topliss-reactive ketones (excluding diaryl/α,β-unsaturated/α-hetero) is 1. The van der Waals surface area contributed by atoms with Gasteiger partial charge in [0.15, 0.2) is 5.78 Å². The molecule has 0 radical (unpaired) electrons. The van der Waals surface area contributed by atoms with E-state index < -0.39 is 0 Å². The maximum atomic E-state index is 12.5. The third-order valence-corrected chi connectivity index (χ3v) is 5.19. The minimum atomic E-state index is -0.323. The lowest BCUT2D eigenvalue weighted by molar-refractivity contribution is 0.0459. The van der Waals surface area contributed by atoms with Gasteiger partial charge in [0.05, 0.1) is 12.0 Å². The van der Waals surface area contributed by atoms with Gasteiger partial charge in [-0.15, -0.1) is 0 Å². The van der Waals surface area contributed by atoms with Gasteiger partial charge >= 0.3 is 0 Å². The van der Waals surface area contributed by atoms with Crippen LogP contribution in [0.25, 0.3) is 0 Å². The minimum Gasteiger partial charge on any atom is -0.485 e. The lowest BCUT2D eigenvalue weighted by Gasteiger charge is -2.34. The number of imidazole rings is 1. The fourth-order valence-electron chi connectivity index (χ4n) is 3.89. The van der Waals surface area contributed by atoms with E-state index in [2.05, 4.69) is 14.5 Å². The summed E-state index contributed by atoms with van der Waals surface area (Å²) < 4.78 is 8.46. The number of para-hydroxylation sites is 1. The van der Waals surface area contributed by atoms with Crippen LogP contribution in [0.15, 0.2) is 36.7 Å². The van der Waals surface area contributed by atoms with Crippen LogP contribution in [-0.4, -0.2) is 45.5 Å². The summed E-state index contributed by atoms with van der Waals surface area (Å²) in [6.07, 6.45) is 6.38. The number of nitrogens with zero attached hydrogens (tertiary/aromatic N) is 3. The number of rotatable bonds is 4. The largest absolute Gasteiger partial charge is 0.485 e. The van der Waals surface area contributed by atoms with Crippen LogP contribution < -0.4 is 4.74 Å². The Kier molecular flexibility index (Phi) is 3.88. The highest BCUT2D eigenvalue weighted by atomic mass is 16.5. The van der Waals surface area contributed by atoms with E-state index in [4.69, 9.17) is 4.74 Å². The van der Waals surface area contributed by atoms with Gasteiger partial charge in [0.25, 0.3) is 0 Å². The molecule has 5 heteroatoms. The highest BCUT2D eigenvalue weighted by Gasteiger charge is 2.45. The molecule has 2 aliphatic heterocycles. The minimum absolute atomic E-state index is 0.216. The van der Waals surface area contributed by atoms with E-state index in [9.17, 15) is 4.79 Å². The first-order chi connectivity index (χ1) is 11.7. The number of carbonyl (C=O) groups is 1. The first-order valence-corrected chi connectivity index (χ1v) is 8.67. The maximum Gasteiger partial charge on any atom is 0.170 e. The van der Waals surface area contributed by atoms with Gasteiger partial charge in [-0.3, -0.25) is 9.69 Å². The fourth-order valence-corrected chi connectivity index (χ4v) is 3.89. The molecular weight excluding hydrogens is 302 g/mol. The molecule has 1 aromatic heterocycles. The van der Waals surface area contributed by atoms with E-state index in [0.717, 1.165) is 56.2 Å². The molecule has 0 aliphatic carbocycles. The van der Waals surface area contributed by atoms with Gasteiger partial charge < -0.3 is 9.30 Å². The number of likely N-dealkylation sites (tertiary alicyclic amines) is 1. The molecule has 1 fully saturated rings. The standard InChI is InChI=1S/C19H23N3O2/c1-15-20-8-12-22(15)10-4-9-21-11-7-19(14-21)13-17(23)16-5-2-3-6-18(16)24-19/h2-3,5-6,8,12H,4,7,9-11,13-14H2,1H3/t19-/m0/s1. The molecule has 1 atom stereocenters. The lowest BCUT2D eigenvalue weighted by Crippen LogP contribution is -2.44. The molecule has 5 nitrogen and oxygen atoms in total. The van der Waals surface area contributed by atoms with Gasteiger partial charge in [-0.05, 0) is 32.0 Å². The third kappa shape index (κ3) is 2.84. The molecule has 3 heterocycles. The van der Waals surface area contributed by atoms with Crippen molar-refractivity contribution in [2.45, 2.75) is 38.3 Å². The van der Waals surface area contributed by atoms with Crippen LogP contribution in [0, 0.1) is 6.92 Å². The van der Waals surface area contributed by atoms with Crippen LogP contribution in [0.2, 0.25) is 0 Å². The quantitative estimate of drug-likeness (QED) is 0.867. The SMILES string of the molecule is Cc1nccn1CCCN1CC[C@]2(CC(=O)c3ccccc3O2)C1. The molecule has 1 saturated heterocycles. The van der Waals surface area contributed by atoms with Gasteiger partial charge in [-0.1, -0.05) is 12.1 Å². The molecule has 0 saturated carbocycles. The topological polar surface area (TPSA) is 47.4 Å². The second kappa shape index (κ2) is 6.06. The number of benzene rings is 1. The van der Waals surface area contributed by atoms with Crippen molar-refractivity contribution >= 4 is 5.78 Å². The second-order valence-corrected chi connectivity index (χ2v) is 6.93. The molecular formula is C19H23N3O2. The Labute approximate surface area is 142 Å². The van der Waals surface area contributed by atoms with Crippen molar-refractivity contribution in [3.8, 4) is 5.75 Å². The van der Waals surface area contributed by atoms with Crippen molar-refractivity contribution in [1.29, 1.82) is 0 Å². The number of aryl methyl sites for hydroxylation is 2. The summed E-state index contributed by atoms with van der Waals surface area (Å²) in [5, 5.41) is 0. The van der Waals surface area contributed by atoms with Crippen LogP contribution in [0.1, 0.15) is 35.4 Å². The van der Waals surface area contributed by atoms with E-state index in [-0.39, 0.29) is 11.4 Å². The van der Waals surface area contributed by atoms with Crippen LogP contribution in [0.4, 0.5) is 0 Å². The first kappa shape index (κ1) is 15.4. The summed E-state index contributed by atoms with van der Waals surface area (Å²) in [5.41, 5.74) is 0.410. The molecule has 1 aromatic carbocycles. The highest BCUT2D eigenvalue weighted by molar-refractivity contribution is 6.00. The van der Waals surface area contributed by atoms with Crippen LogP contribution in [0.5, 0.6) is 5.75 Å². The van der Waals surface area contributed by atoms with Gasteiger partial charge in [0, 0.05) is 38.4 Å². The van der Waals surface area contributed by atoms with Crippen molar-refractivity contribution in [3.63, 3.8) is 0 Å². The van der Waals surface area contributed by atoms with Crippen LogP contribution >= 0.6 is 0 Å². The molecule has 1 spiro atoms. The summed E-state index contributed by atoms with van der Waals surface area (Å²) in [6.45, 7) is 5.88. The molecule has 0 bridgehead atoms. The third-order valence-electron chi connectivity index (χ3n) is 5.19. The first-order valence-electron chi connectivity index (χ1n) is 8.67. The predicted octanol–water partition coefficient (Wildman–Crippen LogP) is 2.69. The van der Waals surface area contributed by atoms with Crippen LogP contribution in [0.3, 0.4) is 0 Å². The average Bonchev–Trinajstić information content (AvgIpc) is 3.15. The van der Waals surface area contributed by atoms with Gasteiger partial charge in [-0.25, -0.2) is 4.98 Å². The summed E-state index contributed by atoms with van der Waals surface area (Å²) in [7, 11) is 0. The van der Waals surface area contributed by atoms with Crippen molar-refractivity contribution in [2.24, 2.45) is 0 Å². The highest BCUT2D eigenvalue weighted by Crippen LogP contribution is 2.38. The Morgan fingerprint density at radius 3 is 3.00 bits per heavy atom. The van der Waals surface area contributed by atoms with E-state index in [0.29, 0.717) is 6.42 Å². The number of fused-ring (bicyclic) bond motifs is 1. The monoisotopic (exact) mass is 325 g/mol. The molecule has 4 rings (SSSR count). The van der Waals surface area contributed by atoms with E-state index in [1.54, 1.807) is 0 Å². The summed E-state index contributed by atoms with van der Waals surface area (Å²) in [5.74, 6) is 2.03. The molecule has 0 unspecified atom stereocenters. The number of hydrogen-bond donors (Lipinski definition) is 0. The van der Waals surface area contributed by atoms with E-state index in [1.807, 2.05) is 43.6 Å². The number of aromatic nitrogens is 2. The van der Waals surface area contributed by atoms with Gasteiger partial charge in [0.1, 0.15) is 17.2 Å². The predicted molar refractivity (Wildman–Crippen MR) is 91.4 cm³/mol. The zero-order valence-electron chi connectivity index (χ0n) is 14.1. The van der Waals surface area contributed by atoms with Crippen molar-refractivity contribution in [3.05, 3.63) is 48.0 Å². The number of carbonyl (C=O) groups excluding carboxylic acids is 1. The summed E-state index contributed by atoms with van der Waals surface area (Å²) in [4.78, 5) is 19.1. The average molecular weight is 325 g/mol. The zero-order chi connectivity index (χ0) is 16.6. The summed E-state index contributed by atoms with van der Waals surface area (Å²) >= 11 is 0. The second-order valence-electron chi connectivity index (χ2n) is 6.93. The fraction of sp³-hybridized carbons (Fsp3) is 0.474. The van der Waals surface area contributed by atoms with Crippen LogP contribution in [-0.2, 0) is 6.54 Å². The normalized spacial score (nSPS) is 23.5. The van der Waals surface area contributed by atoms with Crippen molar-refractivity contribution in [2.75, 3.05) is 19.6 Å². The lowest BCUT2D eigenvalue weighted by atomic mass is 9.89. The van der Waals surface area contributed by atoms with Gasteiger partial charge in [0.2, 0.25) is 0 Å². The summed E-state index contributed by atoms with van der Waals surface area (Å²) in [6, 6.07) is 7.62. The molecule has 24 heavy (non-hydrogen) atoms. The molecule has 2 aromatic rings. The number of ketones is 1. The Morgan fingerprint density at radius 1 is 1.29 bits per heavy atom. The molecule has 0 N–H and O–H groups in total. The Hall–Kier alpha value is -2.14. The smallest absolute Gasteiger partial charge is 0.170 e. The number of ether oxygens (including phenoxy) is 1. The Bertz CT molecular complexity index is 755. The Balaban J connectivity index is 1.36. The zero-order valence-corrected chi connectivity index (χ0v) is 14.1. The maximum absolute atomic E-state index is 12.5. The molecule has 0 amide bonds. The van der Waals surface area contributed by atoms with E-state index >= 15 is 0 Å². The van der Waals surface area contributed by atoms with Crippen molar-refractivity contribution in [1.82, 2.24) is 14.5 Å².